The molecule has 0 radical (unpaired) electrons. The van der Waals surface area contributed by atoms with Gasteiger partial charge in [0, 0.05) is 28.8 Å². The summed E-state index contributed by atoms with van der Waals surface area (Å²) in [7, 11) is 2.27. The maximum atomic E-state index is 3.85. The zero-order chi connectivity index (χ0) is 20.3. The fourth-order valence-electron chi connectivity index (χ4n) is 5.21. The van der Waals surface area contributed by atoms with E-state index in [0.717, 1.165) is 12.3 Å². The molecule has 1 aromatic heterocycles. The standard InChI is InChI=1S/C26H33N3S/c1-29-12-5-8-23(29)16-21-18-27-25-10-9-22(17-24(21)25)28-26-15-20(11-13-30-26)14-19-6-3-2-4-7-19/h2-4,6-7,9-10,17-18,20,23,26-28H,5,8,11-16H2,1H3. The van der Waals surface area contributed by atoms with E-state index in [1.165, 1.54) is 72.1 Å². The summed E-state index contributed by atoms with van der Waals surface area (Å²) in [6, 6.07) is 18.5. The van der Waals surface area contributed by atoms with Crippen LogP contribution in [0.3, 0.4) is 0 Å². The normalized spacial score (nSPS) is 25.0. The maximum absolute atomic E-state index is 3.85. The Balaban J connectivity index is 1.26. The van der Waals surface area contributed by atoms with Crippen LogP contribution in [0.4, 0.5) is 5.69 Å². The van der Waals surface area contributed by atoms with Crippen molar-refractivity contribution in [3.63, 3.8) is 0 Å². The van der Waals surface area contributed by atoms with Crippen molar-refractivity contribution in [1.82, 2.24) is 9.88 Å². The molecule has 158 valence electrons. The number of aromatic amines is 1. The van der Waals surface area contributed by atoms with Crippen molar-refractivity contribution in [2.24, 2.45) is 5.92 Å². The molecule has 2 aliphatic heterocycles. The van der Waals surface area contributed by atoms with Crippen molar-refractivity contribution in [2.75, 3.05) is 24.7 Å². The van der Waals surface area contributed by atoms with Gasteiger partial charge < -0.3 is 15.2 Å². The number of anilines is 1. The second-order valence-corrected chi connectivity index (χ2v) is 10.4. The lowest BCUT2D eigenvalue weighted by Gasteiger charge is -2.30. The van der Waals surface area contributed by atoms with E-state index in [4.69, 9.17) is 0 Å². The Bertz CT molecular complexity index is 967. The molecule has 5 rings (SSSR count). The molecule has 0 bridgehead atoms. The SMILES string of the molecule is CN1CCCC1Cc1c[nH]c2ccc(NC3CC(Cc4ccccc4)CCS3)cc12. The highest BCUT2D eigenvalue weighted by Crippen LogP contribution is 2.34. The van der Waals surface area contributed by atoms with Crippen LogP contribution in [0.2, 0.25) is 0 Å². The first-order chi connectivity index (χ1) is 14.7. The van der Waals surface area contributed by atoms with Gasteiger partial charge in [-0.05, 0) is 93.1 Å². The first-order valence-corrected chi connectivity index (χ1v) is 12.5. The number of rotatable bonds is 6. The minimum absolute atomic E-state index is 0.508. The average Bonchev–Trinajstić information content (AvgIpc) is 3.35. The fraction of sp³-hybridized carbons (Fsp3) is 0.462. The maximum Gasteiger partial charge on any atom is 0.0725 e. The number of likely N-dealkylation sites (N-methyl/N-ethyl adjacent to an activating group) is 1. The van der Waals surface area contributed by atoms with Crippen LogP contribution >= 0.6 is 11.8 Å². The van der Waals surface area contributed by atoms with Crippen LogP contribution in [0.5, 0.6) is 0 Å². The van der Waals surface area contributed by atoms with Gasteiger partial charge >= 0.3 is 0 Å². The molecule has 4 heteroatoms. The Hall–Kier alpha value is -1.91. The van der Waals surface area contributed by atoms with E-state index in [0.29, 0.717) is 11.4 Å². The third kappa shape index (κ3) is 4.55. The van der Waals surface area contributed by atoms with Crippen molar-refractivity contribution >= 4 is 28.4 Å². The summed E-state index contributed by atoms with van der Waals surface area (Å²) >= 11 is 2.08. The van der Waals surface area contributed by atoms with Gasteiger partial charge in [-0.15, -0.1) is 11.8 Å². The van der Waals surface area contributed by atoms with E-state index in [9.17, 15) is 0 Å². The van der Waals surface area contributed by atoms with E-state index in [-0.39, 0.29) is 0 Å². The molecular weight excluding hydrogens is 386 g/mol. The van der Waals surface area contributed by atoms with Crippen LogP contribution < -0.4 is 5.32 Å². The Morgan fingerprint density at radius 3 is 2.83 bits per heavy atom. The van der Waals surface area contributed by atoms with Crippen LogP contribution in [-0.4, -0.2) is 40.6 Å². The van der Waals surface area contributed by atoms with Crippen molar-refractivity contribution < 1.29 is 0 Å². The zero-order valence-electron chi connectivity index (χ0n) is 17.9. The summed E-state index contributed by atoms with van der Waals surface area (Å²) < 4.78 is 0. The van der Waals surface area contributed by atoms with Crippen molar-refractivity contribution in [1.29, 1.82) is 0 Å². The molecule has 30 heavy (non-hydrogen) atoms. The van der Waals surface area contributed by atoms with Gasteiger partial charge in [0.05, 0.1) is 5.37 Å². The highest BCUT2D eigenvalue weighted by atomic mass is 32.2. The van der Waals surface area contributed by atoms with Gasteiger partial charge in [0.2, 0.25) is 0 Å². The smallest absolute Gasteiger partial charge is 0.0725 e. The first kappa shape index (κ1) is 20.0. The topological polar surface area (TPSA) is 31.1 Å². The first-order valence-electron chi connectivity index (χ1n) is 11.5. The molecule has 0 spiro atoms. The molecule has 2 fully saturated rings. The Morgan fingerprint density at radius 2 is 2.00 bits per heavy atom. The Kier molecular flexibility index (Phi) is 6.05. The van der Waals surface area contributed by atoms with E-state index in [2.05, 4.69) is 88.7 Å². The predicted octanol–water partition coefficient (Wildman–Crippen LogP) is 5.93. The Morgan fingerprint density at radius 1 is 1.10 bits per heavy atom. The van der Waals surface area contributed by atoms with Gasteiger partial charge in [-0.1, -0.05) is 30.3 Å². The molecule has 2 saturated heterocycles. The molecule has 3 aromatic rings. The number of H-pyrrole nitrogens is 1. The molecule has 2 aliphatic rings. The lowest BCUT2D eigenvalue weighted by Crippen LogP contribution is -2.26. The predicted molar refractivity (Wildman–Crippen MR) is 130 cm³/mol. The molecule has 0 aliphatic carbocycles. The third-order valence-corrected chi connectivity index (χ3v) is 8.17. The minimum Gasteiger partial charge on any atom is -0.373 e. The van der Waals surface area contributed by atoms with Crippen LogP contribution in [-0.2, 0) is 12.8 Å². The lowest BCUT2D eigenvalue weighted by molar-refractivity contribution is 0.310. The summed E-state index contributed by atoms with van der Waals surface area (Å²) in [5.74, 6) is 2.02. The van der Waals surface area contributed by atoms with E-state index in [1.54, 1.807) is 0 Å². The van der Waals surface area contributed by atoms with Gasteiger partial charge in [0.15, 0.2) is 0 Å². The summed E-state index contributed by atoms with van der Waals surface area (Å²) in [6.45, 7) is 1.24. The molecule has 2 N–H and O–H groups in total. The molecular formula is C26H33N3S. The van der Waals surface area contributed by atoms with Crippen LogP contribution in [0.25, 0.3) is 10.9 Å². The van der Waals surface area contributed by atoms with Gasteiger partial charge in [0.25, 0.3) is 0 Å². The third-order valence-electron chi connectivity index (χ3n) is 6.98. The highest BCUT2D eigenvalue weighted by Gasteiger charge is 2.24. The molecule has 0 saturated carbocycles. The minimum atomic E-state index is 0.508. The van der Waals surface area contributed by atoms with E-state index >= 15 is 0 Å². The number of aromatic nitrogens is 1. The second kappa shape index (κ2) is 9.07. The van der Waals surface area contributed by atoms with Crippen molar-refractivity contribution in [3.8, 4) is 0 Å². The van der Waals surface area contributed by atoms with Gasteiger partial charge in [-0.2, -0.15) is 0 Å². The molecule has 3 heterocycles. The highest BCUT2D eigenvalue weighted by molar-refractivity contribution is 8.00. The van der Waals surface area contributed by atoms with Gasteiger partial charge in [-0.3, -0.25) is 0 Å². The molecule has 2 aromatic carbocycles. The molecule has 3 unspecified atom stereocenters. The van der Waals surface area contributed by atoms with Crippen molar-refractivity contribution in [3.05, 3.63) is 65.9 Å². The number of nitrogens with zero attached hydrogens (tertiary/aromatic N) is 1. The fourth-order valence-corrected chi connectivity index (χ4v) is 6.59. The average molecular weight is 420 g/mol. The number of benzene rings is 2. The summed E-state index contributed by atoms with van der Waals surface area (Å²) in [6.07, 6.45) is 9.80. The van der Waals surface area contributed by atoms with Gasteiger partial charge in [-0.25, -0.2) is 0 Å². The Labute approximate surface area is 184 Å². The summed E-state index contributed by atoms with van der Waals surface area (Å²) in [4.78, 5) is 6.01. The molecule has 0 amide bonds. The number of fused-ring (bicyclic) bond motifs is 1. The van der Waals surface area contributed by atoms with Crippen LogP contribution in [0.1, 0.15) is 36.8 Å². The molecule has 3 nitrogen and oxygen atoms in total. The van der Waals surface area contributed by atoms with Gasteiger partial charge in [0.1, 0.15) is 0 Å². The number of nitrogens with one attached hydrogen (secondary N) is 2. The van der Waals surface area contributed by atoms with E-state index < -0.39 is 0 Å². The number of hydrogen-bond donors (Lipinski definition) is 2. The number of likely N-dealkylation sites (tertiary alicyclic amines) is 1. The quantitative estimate of drug-likeness (QED) is 0.519. The number of thioether (sulfide) groups is 1. The zero-order valence-corrected chi connectivity index (χ0v) is 18.8. The largest absolute Gasteiger partial charge is 0.373 e. The summed E-state index contributed by atoms with van der Waals surface area (Å²) in [5, 5.41) is 5.75. The van der Waals surface area contributed by atoms with E-state index in [1.807, 2.05) is 0 Å². The molecule has 3 atom stereocenters. The van der Waals surface area contributed by atoms with Crippen molar-refractivity contribution in [2.45, 2.75) is 49.9 Å². The second-order valence-electron chi connectivity index (χ2n) is 9.14. The monoisotopic (exact) mass is 419 g/mol. The van der Waals surface area contributed by atoms with Crippen LogP contribution in [0.15, 0.2) is 54.7 Å². The van der Waals surface area contributed by atoms with Crippen LogP contribution in [0, 0.1) is 5.92 Å². The summed E-state index contributed by atoms with van der Waals surface area (Å²) in [5.41, 5.74) is 5.46. The lowest BCUT2D eigenvalue weighted by atomic mass is 9.93. The number of hydrogen-bond acceptors (Lipinski definition) is 3.